The van der Waals surface area contributed by atoms with Crippen molar-refractivity contribution in [1.82, 2.24) is 5.32 Å². The standard InChI is InChI=1S/C21H21ClN2O3S/c1-27-11-5-10-23-20(25)14-24-17-8-2-3-9-18(17)28-19(21(24)26)13-15-6-4-7-16(22)12-15/h2-4,6-9,12-13H,5,10-11,14H2,1H3,(H,23,25)/b19-13-. The molecule has 2 aromatic rings. The minimum atomic E-state index is -0.201. The summed E-state index contributed by atoms with van der Waals surface area (Å²) < 4.78 is 4.98. The highest BCUT2D eigenvalue weighted by Crippen LogP contribution is 2.41. The molecule has 1 aliphatic heterocycles. The molecule has 5 nitrogen and oxygen atoms in total. The summed E-state index contributed by atoms with van der Waals surface area (Å²) in [5, 5.41) is 3.44. The number of carbonyl (C=O) groups excluding carboxylic acids is 2. The van der Waals surface area contributed by atoms with Gasteiger partial charge in [0, 0.05) is 30.2 Å². The van der Waals surface area contributed by atoms with Crippen LogP contribution in [0.15, 0.2) is 58.3 Å². The quantitative estimate of drug-likeness (QED) is 0.548. The fourth-order valence-electron chi connectivity index (χ4n) is 2.81. The molecule has 0 unspecified atom stereocenters. The van der Waals surface area contributed by atoms with Gasteiger partial charge < -0.3 is 10.1 Å². The minimum Gasteiger partial charge on any atom is -0.385 e. The van der Waals surface area contributed by atoms with Gasteiger partial charge in [0.1, 0.15) is 6.54 Å². The Kier molecular flexibility index (Phi) is 7.14. The van der Waals surface area contributed by atoms with Crippen LogP contribution in [0.1, 0.15) is 12.0 Å². The highest BCUT2D eigenvalue weighted by atomic mass is 35.5. The molecule has 28 heavy (non-hydrogen) atoms. The second-order valence-corrected chi connectivity index (χ2v) is 7.74. The van der Waals surface area contributed by atoms with Crippen molar-refractivity contribution in [1.29, 1.82) is 0 Å². The average Bonchev–Trinajstić information content (AvgIpc) is 2.68. The molecule has 0 saturated heterocycles. The van der Waals surface area contributed by atoms with Crippen molar-refractivity contribution in [3.63, 3.8) is 0 Å². The first-order valence-corrected chi connectivity index (χ1v) is 10.1. The summed E-state index contributed by atoms with van der Waals surface area (Å²) in [5.74, 6) is -0.399. The smallest absolute Gasteiger partial charge is 0.265 e. The van der Waals surface area contributed by atoms with E-state index in [4.69, 9.17) is 16.3 Å². The number of rotatable bonds is 7. The average molecular weight is 417 g/mol. The summed E-state index contributed by atoms with van der Waals surface area (Å²) in [6, 6.07) is 14.9. The van der Waals surface area contributed by atoms with E-state index in [1.54, 1.807) is 25.3 Å². The molecule has 1 heterocycles. The summed E-state index contributed by atoms with van der Waals surface area (Å²) >= 11 is 7.45. The predicted octanol–water partition coefficient (Wildman–Crippen LogP) is 3.97. The maximum Gasteiger partial charge on any atom is 0.265 e. The molecule has 7 heteroatoms. The molecule has 1 aliphatic rings. The number of carbonyl (C=O) groups is 2. The van der Waals surface area contributed by atoms with Gasteiger partial charge in [-0.1, -0.05) is 47.6 Å². The van der Waals surface area contributed by atoms with Crippen molar-refractivity contribution in [2.45, 2.75) is 11.3 Å². The fraction of sp³-hybridized carbons (Fsp3) is 0.238. The zero-order valence-electron chi connectivity index (χ0n) is 15.5. The molecule has 0 bridgehead atoms. The Morgan fingerprint density at radius 3 is 2.86 bits per heavy atom. The Bertz CT molecular complexity index is 901. The van der Waals surface area contributed by atoms with Gasteiger partial charge in [-0.25, -0.2) is 0 Å². The second kappa shape index (κ2) is 9.78. The Hall–Kier alpha value is -2.28. The van der Waals surface area contributed by atoms with E-state index in [1.165, 1.54) is 16.7 Å². The highest BCUT2D eigenvalue weighted by Gasteiger charge is 2.30. The predicted molar refractivity (Wildman–Crippen MR) is 114 cm³/mol. The molecule has 0 radical (unpaired) electrons. The maximum absolute atomic E-state index is 13.1. The Balaban J connectivity index is 1.82. The van der Waals surface area contributed by atoms with Crippen LogP contribution in [0, 0.1) is 0 Å². The summed E-state index contributed by atoms with van der Waals surface area (Å²) in [7, 11) is 1.62. The molecule has 0 fully saturated rings. The topological polar surface area (TPSA) is 58.6 Å². The molecular formula is C21H21ClN2O3S. The van der Waals surface area contributed by atoms with Crippen LogP contribution in [0.4, 0.5) is 5.69 Å². The number of methoxy groups -OCH3 is 1. The number of thioether (sulfide) groups is 1. The first kappa shape index (κ1) is 20.5. The number of amides is 2. The van der Waals surface area contributed by atoms with Gasteiger partial charge in [-0.3, -0.25) is 14.5 Å². The number of benzene rings is 2. The molecular weight excluding hydrogens is 396 g/mol. The third-order valence-corrected chi connectivity index (χ3v) is 5.44. The Morgan fingerprint density at radius 2 is 2.07 bits per heavy atom. The van der Waals surface area contributed by atoms with Gasteiger partial charge in [0.25, 0.3) is 5.91 Å². The Morgan fingerprint density at radius 1 is 1.25 bits per heavy atom. The molecule has 0 atom stereocenters. The molecule has 0 aliphatic carbocycles. The van der Waals surface area contributed by atoms with Crippen LogP contribution in [0.25, 0.3) is 6.08 Å². The molecule has 0 spiro atoms. The van der Waals surface area contributed by atoms with Gasteiger partial charge in [0.05, 0.1) is 10.6 Å². The van der Waals surface area contributed by atoms with Gasteiger partial charge in [-0.2, -0.15) is 0 Å². The normalized spacial score (nSPS) is 14.9. The van der Waals surface area contributed by atoms with E-state index in [9.17, 15) is 9.59 Å². The van der Waals surface area contributed by atoms with Gasteiger partial charge in [-0.05, 0) is 42.3 Å². The van der Waals surface area contributed by atoms with Crippen molar-refractivity contribution in [2.75, 3.05) is 31.7 Å². The van der Waals surface area contributed by atoms with Crippen LogP contribution in [0.5, 0.6) is 0 Å². The van der Waals surface area contributed by atoms with E-state index in [0.717, 1.165) is 22.6 Å². The minimum absolute atomic E-state index is 0.0315. The number of halogens is 1. The van der Waals surface area contributed by atoms with Crippen LogP contribution in [0.3, 0.4) is 0 Å². The lowest BCUT2D eigenvalue weighted by molar-refractivity contribution is -0.122. The summed E-state index contributed by atoms with van der Waals surface area (Å²) in [6.45, 7) is 1.06. The van der Waals surface area contributed by atoms with Crippen LogP contribution < -0.4 is 10.2 Å². The van der Waals surface area contributed by atoms with E-state index < -0.39 is 0 Å². The van der Waals surface area contributed by atoms with E-state index >= 15 is 0 Å². The van der Waals surface area contributed by atoms with E-state index in [2.05, 4.69) is 5.32 Å². The molecule has 146 valence electrons. The number of hydrogen-bond acceptors (Lipinski definition) is 4. The summed E-state index contributed by atoms with van der Waals surface area (Å²) in [5.41, 5.74) is 1.58. The summed E-state index contributed by atoms with van der Waals surface area (Å²) in [6.07, 6.45) is 2.53. The number of fused-ring (bicyclic) bond motifs is 1. The third-order valence-electron chi connectivity index (χ3n) is 4.13. The SMILES string of the molecule is COCCCNC(=O)CN1C(=O)/C(=C/c2cccc(Cl)c2)Sc2ccccc21. The summed E-state index contributed by atoms with van der Waals surface area (Å²) in [4.78, 5) is 28.4. The third kappa shape index (κ3) is 5.16. The van der Waals surface area contributed by atoms with Crippen molar-refractivity contribution >= 4 is 46.9 Å². The number of ether oxygens (including phenoxy) is 1. The van der Waals surface area contributed by atoms with Gasteiger partial charge in [0.2, 0.25) is 5.91 Å². The first-order valence-electron chi connectivity index (χ1n) is 8.90. The van der Waals surface area contributed by atoms with Gasteiger partial charge in [-0.15, -0.1) is 0 Å². The van der Waals surface area contributed by atoms with Crippen molar-refractivity contribution in [2.24, 2.45) is 0 Å². The van der Waals surface area contributed by atoms with Gasteiger partial charge in [0.15, 0.2) is 0 Å². The van der Waals surface area contributed by atoms with Crippen molar-refractivity contribution in [3.05, 3.63) is 64.0 Å². The molecule has 0 aromatic heterocycles. The van der Waals surface area contributed by atoms with Crippen LogP contribution in [0.2, 0.25) is 5.02 Å². The fourth-order valence-corrected chi connectivity index (χ4v) is 4.07. The second-order valence-electron chi connectivity index (χ2n) is 6.22. The lowest BCUT2D eigenvalue weighted by Gasteiger charge is -2.29. The molecule has 0 saturated carbocycles. The largest absolute Gasteiger partial charge is 0.385 e. The van der Waals surface area contributed by atoms with Gasteiger partial charge >= 0.3 is 0 Å². The first-order chi connectivity index (χ1) is 13.6. The number of anilines is 1. The number of nitrogens with one attached hydrogen (secondary N) is 1. The van der Waals surface area contributed by atoms with E-state index in [-0.39, 0.29) is 18.4 Å². The number of hydrogen-bond donors (Lipinski definition) is 1. The molecule has 1 N–H and O–H groups in total. The zero-order valence-corrected chi connectivity index (χ0v) is 17.1. The maximum atomic E-state index is 13.1. The lowest BCUT2D eigenvalue weighted by atomic mass is 10.2. The van der Waals surface area contributed by atoms with Crippen molar-refractivity contribution < 1.29 is 14.3 Å². The van der Waals surface area contributed by atoms with Crippen LogP contribution in [-0.2, 0) is 14.3 Å². The van der Waals surface area contributed by atoms with Crippen molar-refractivity contribution in [3.8, 4) is 0 Å². The Labute approximate surface area is 173 Å². The van der Waals surface area contributed by atoms with E-state index in [1.807, 2.05) is 36.4 Å². The number of para-hydroxylation sites is 1. The lowest BCUT2D eigenvalue weighted by Crippen LogP contribution is -2.43. The van der Waals surface area contributed by atoms with Crippen LogP contribution >= 0.6 is 23.4 Å². The highest BCUT2D eigenvalue weighted by molar-refractivity contribution is 8.04. The zero-order chi connectivity index (χ0) is 19.9. The van der Waals surface area contributed by atoms with Crippen LogP contribution in [-0.4, -0.2) is 38.6 Å². The number of nitrogens with zero attached hydrogens (tertiary/aromatic N) is 1. The molecule has 2 aromatic carbocycles. The molecule has 2 amide bonds. The van der Waals surface area contributed by atoms with E-state index in [0.29, 0.717) is 23.1 Å². The molecule has 3 rings (SSSR count). The monoisotopic (exact) mass is 416 g/mol.